The fourth-order valence-electron chi connectivity index (χ4n) is 1.78. The van der Waals surface area contributed by atoms with E-state index in [9.17, 15) is 0 Å². The van der Waals surface area contributed by atoms with Crippen LogP contribution in [0.5, 0.6) is 5.75 Å². The molecule has 1 aliphatic rings. The molecule has 94 valence electrons. The Labute approximate surface area is 102 Å². The van der Waals surface area contributed by atoms with Crippen LogP contribution in [0.1, 0.15) is 12.0 Å². The largest absolute Gasteiger partial charge is 0.497 e. The lowest BCUT2D eigenvalue weighted by Crippen LogP contribution is -2.33. The minimum atomic E-state index is 0.280. The van der Waals surface area contributed by atoms with Crippen LogP contribution in [-0.2, 0) is 16.0 Å². The summed E-state index contributed by atoms with van der Waals surface area (Å²) in [6.45, 7) is 2.95. The SMILES string of the molecule is COc1ccc(CNCC2CCOCO2)cc1. The van der Waals surface area contributed by atoms with Gasteiger partial charge in [0, 0.05) is 13.1 Å². The molecule has 0 bridgehead atoms. The van der Waals surface area contributed by atoms with Crippen molar-refractivity contribution in [3.63, 3.8) is 0 Å². The smallest absolute Gasteiger partial charge is 0.147 e. The standard InChI is InChI=1S/C13H19NO3/c1-15-12-4-2-11(3-5-12)8-14-9-13-6-7-16-10-17-13/h2-5,13-14H,6-10H2,1H3. The third-order valence-electron chi connectivity index (χ3n) is 2.83. The molecule has 1 heterocycles. The molecule has 1 N–H and O–H groups in total. The summed E-state index contributed by atoms with van der Waals surface area (Å²) < 4.78 is 15.7. The Morgan fingerprint density at radius 3 is 2.82 bits per heavy atom. The van der Waals surface area contributed by atoms with E-state index >= 15 is 0 Å². The van der Waals surface area contributed by atoms with Gasteiger partial charge < -0.3 is 19.5 Å². The van der Waals surface area contributed by atoms with Gasteiger partial charge in [-0.2, -0.15) is 0 Å². The number of ether oxygens (including phenoxy) is 3. The molecule has 0 saturated carbocycles. The van der Waals surface area contributed by atoms with Gasteiger partial charge in [0.25, 0.3) is 0 Å². The summed E-state index contributed by atoms with van der Waals surface area (Å²) in [5.74, 6) is 0.890. The Morgan fingerprint density at radius 1 is 1.35 bits per heavy atom. The molecular weight excluding hydrogens is 218 g/mol. The van der Waals surface area contributed by atoms with Crippen LogP contribution >= 0.6 is 0 Å². The summed E-state index contributed by atoms with van der Waals surface area (Å²) in [5.41, 5.74) is 1.25. The maximum absolute atomic E-state index is 5.45. The maximum Gasteiger partial charge on any atom is 0.147 e. The van der Waals surface area contributed by atoms with E-state index in [1.807, 2.05) is 12.1 Å². The van der Waals surface area contributed by atoms with Crippen molar-refractivity contribution < 1.29 is 14.2 Å². The number of hydrogen-bond acceptors (Lipinski definition) is 4. The van der Waals surface area contributed by atoms with E-state index in [1.54, 1.807) is 7.11 Å². The van der Waals surface area contributed by atoms with Crippen LogP contribution < -0.4 is 10.1 Å². The van der Waals surface area contributed by atoms with Gasteiger partial charge >= 0.3 is 0 Å². The molecule has 1 aromatic carbocycles. The predicted octanol–water partition coefficient (Wildman–Crippen LogP) is 1.55. The van der Waals surface area contributed by atoms with Gasteiger partial charge in [-0.05, 0) is 24.1 Å². The summed E-state index contributed by atoms with van der Waals surface area (Å²) in [6.07, 6.45) is 1.25. The van der Waals surface area contributed by atoms with E-state index in [4.69, 9.17) is 14.2 Å². The van der Waals surface area contributed by atoms with Crippen LogP contribution in [0.4, 0.5) is 0 Å². The highest BCUT2D eigenvalue weighted by atomic mass is 16.7. The lowest BCUT2D eigenvalue weighted by molar-refractivity contribution is -0.137. The summed E-state index contributed by atoms with van der Waals surface area (Å²) in [7, 11) is 1.68. The van der Waals surface area contributed by atoms with Crippen LogP contribution in [0, 0.1) is 0 Å². The zero-order valence-corrected chi connectivity index (χ0v) is 10.1. The minimum absolute atomic E-state index is 0.280. The van der Waals surface area contributed by atoms with E-state index in [-0.39, 0.29) is 6.10 Å². The van der Waals surface area contributed by atoms with Crippen LogP contribution in [0.15, 0.2) is 24.3 Å². The second-order valence-electron chi connectivity index (χ2n) is 4.08. The molecule has 4 heteroatoms. The Kier molecular flexibility index (Phi) is 4.79. The van der Waals surface area contributed by atoms with E-state index in [2.05, 4.69) is 17.4 Å². The summed E-state index contributed by atoms with van der Waals surface area (Å²) in [5, 5.41) is 3.39. The Morgan fingerprint density at radius 2 is 2.18 bits per heavy atom. The average molecular weight is 237 g/mol. The van der Waals surface area contributed by atoms with Crippen molar-refractivity contribution in [3.8, 4) is 5.75 Å². The second kappa shape index (κ2) is 6.59. The van der Waals surface area contributed by atoms with Gasteiger partial charge in [-0.1, -0.05) is 12.1 Å². The highest BCUT2D eigenvalue weighted by Crippen LogP contribution is 2.11. The zero-order chi connectivity index (χ0) is 11.9. The Bertz CT molecular complexity index is 320. The van der Waals surface area contributed by atoms with Gasteiger partial charge in [0.2, 0.25) is 0 Å². The van der Waals surface area contributed by atoms with Gasteiger partial charge in [0.1, 0.15) is 12.5 Å². The molecule has 1 saturated heterocycles. The molecule has 1 unspecified atom stereocenters. The first-order chi connectivity index (χ1) is 8.38. The lowest BCUT2D eigenvalue weighted by atomic mass is 10.2. The van der Waals surface area contributed by atoms with Crippen molar-refractivity contribution in [2.75, 3.05) is 27.1 Å². The molecule has 0 radical (unpaired) electrons. The van der Waals surface area contributed by atoms with Gasteiger partial charge in [-0.25, -0.2) is 0 Å². The Balaban J connectivity index is 1.69. The molecule has 4 nitrogen and oxygen atoms in total. The van der Waals surface area contributed by atoms with Crippen molar-refractivity contribution in [2.24, 2.45) is 0 Å². The molecule has 0 aromatic heterocycles. The molecular formula is C13H19NO3. The highest BCUT2D eigenvalue weighted by Gasteiger charge is 2.12. The van der Waals surface area contributed by atoms with E-state index < -0.39 is 0 Å². The quantitative estimate of drug-likeness (QED) is 0.843. The summed E-state index contributed by atoms with van der Waals surface area (Å²) >= 11 is 0. The van der Waals surface area contributed by atoms with Gasteiger partial charge in [-0.3, -0.25) is 0 Å². The number of nitrogens with one attached hydrogen (secondary N) is 1. The number of rotatable bonds is 5. The van der Waals surface area contributed by atoms with Crippen molar-refractivity contribution in [1.82, 2.24) is 5.32 Å². The average Bonchev–Trinajstić information content (AvgIpc) is 2.41. The van der Waals surface area contributed by atoms with Gasteiger partial charge in [0.05, 0.1) is 19.8 Å². The predicted molar refractivity (Wildman–Crippen MR) is 65.0 cm³/mol. The van der Waals surface area contributed by atoms with Crippen LogP contribution in [-0.4, -0.2) is 33.2 Å². The minimum Gasteiger partial charge on any atom is -0.497 e. The first-order valence-corrected chi connectivity index (χ1v) is 5.91. The van der Waals surface area contributed by atoms with Crippen molar-refractivity contribution in [3.05, 3.63) is 29.8 Å². The molecule has 1 fully saturated rings. The van der Waals surface area contributed by atoms with Crippen molar-refractivity contribution in [1.29, 1.82) is 0 Å². The maximum atomic E-state index is 5.45. The molecule has 0 amide bonds. The van der Waals surface area contributed by atoms with Crippen molar-refractivity contribution >= 4 is 0 Å². The topological polar surface area (TPSA) is 39.7 Å². The van der Waals surface area contributed by atoms with Crippen LogP contribution in [0.3, 0.4) is 0 Å². The monoisotopic (exact) mass is 237 g/mol. The molecule has 0 aliphatic carbocycles. The lowest BCUT2D eigenvalue weighted by Gasteiger charge is -2.23. The number of methoxy groups -OCH3 is 1. The zero-order valence-electron chi connectivity index (χ0n) is 10.1. The van der Waals surface area contributed by atoms with Crippen LogP contribution in [0.2, 0.25) is 0 Å². The van der Waals surface area contributed by atoms with Crippen molar-refractivity contribution in [2.45, 2.75) is 19.1 Å². The van der Waals surface area contributed by atoms with E-state index in [0.29, 0.717) is 6.79 Å². The molecule has 1 atom stereocenters. The molecule has 2 rings (SSSR count). The Hall–Kier alpha value is -1.10. The summed E-state index contributed by atoms with van der Waals surface area (Å²) in [6, 6.07) is 8.08. The summed E-state index contributed by atoms with van der Waals surface area (Å²) in [4.78, 5) is 0. The normalized spacial score (nSPS) is 20.2. The van der Waals surface area contributed by atoms with Crippen LogP contribution in [0.25, 0.3) is 0 Å². The first-order valence-electron chi connectivity index (χ1n) is 5.91. The van der Waals surface area contributed by atoms with E-state index in [0.717, 1.165) is 31.9 Å². The number of benzene rings is 1. The first kappa shape index (κ1) is 12.4. The van der Waals surface area contributed by atoms with Gasteiger partial charge in [0.15, 0.2) is 0 Å². The molecule has 17 heavy (non-hydrogen) atoms. The third-order valence-corrected chi connectivity index (χ3v) is 2.83. The fraction of sp³-hybridized carbons (Fsp3) is 0.538. The van der Waals surface area contributed by atoms with Gasteiger partial charge in [-0.15, -0.1) is 0 Å². The third kappa shape index (κ3) is 4.00. The fourth-order valence-corrected chi connectivity index (χ4v) is 1.78. The molecule has 1 aliphatic heterocycles. The number of hydrogen-bond donors (Lipinski definition) is 1. The highest BCUT2D eigenvalue weighted by molar-refractivity contribution is 5.26. The van der Waals surface area contributed by atoms with E-state index in [1.165, 1.54) is 5.56 Å². The molecule has 0 spiro atoms. The second-order valence-corrected chi connectivity index (χ2v) is 4.08. The molecule has 1 aromatic rings.